The van der Waals surface area contributed by atoms with Gasteiger partial charge in [-0.2, -0.15) is 0 Å². The number of benzene rings is 1. The van der Waals surface area contributed by atoms with Crippen molar-refractivity contribution < 1.29 is 15.1 Å². The van der Waals surface area contributed by atoms with E-state index in [1.807, 2.05) is 0 Å². The Kier molecular flexibility index (Phi) is 4.38. The van der Waals surface area contributed by atoms with Crippen LogP contribution in [0.25, 0.3) is 0 Å². The third-order valence-corrected chi connectivity index (χ3v) is 2.87. The zero-order chi connectivity index (χ0) is 13.9. The third kappa shape index (κ3) is 2.84. The lowest BCUT2D eigenvalue weighted by Crippen LogP contribution is -2.43. The van der Waals surface area contributed by atoms with Gasteiger partial charge in [-0.25, -0.2) is 0 Å². The second-order valence-electron chi connectivity index (χ2n) is 3.78. The fraction of sp³-hybridized carbons (Fsp3) is 0.273. The smallest absolute Gasteiger partial charge is 0.258 e. The predicted octanol–water partition coefficient (Wildman–Crippen LogP) is 1.25. The van der Waals surface area contributed by atoms with Gasteiger partial charge in [0.15, 0.2) is 5.84 Å². The molecule has 0 radical (unpaired) electrons. The standard InChI is InChI=1S/C11H14ClN3O3/c1-6(10(13)14-18)15(2)11(17)8-5-7(12)3-4-9(8)16/h3-6,16,18H,1-2H3,(H2,13,14). The highest BCUT2D eigenvalue weighted by Gasteiger charge is 2.22. The summed E-state index contributed by atoms with van der Waals surface area (Å²) in [5.74, 6) is -0.760. The number of phenolic OH excluding ortho intramolecular Hbond substituents is 1. The molecule has 1 atom stereocenters. The summed E-state index contributed by atoms with van der Waals surface area (Å²) in [4.78, 5) is 13.3. The Morgan fingerprint density at radius 1 is 1.56 bits per heavy atom. The molecule has 18 heavy (non-hydrogen) atoms. The van der Waals surface area contributed by atoms with Gasteiger partial charge < -0.3 is 20.9 Å². The number of carbonyl (C=O) groups excluding carboxylic acids is 1. The number of rotatable bonds is 3. The van der Waals surface area contributed by atoms with Gasteiger partial charge in [0.1, 0.15) is 5.75 Å². The van der Waals surface area contributed by atoms with Crippen LogP contribution >= 0.6 is 11.6 Å². The van der Waals surface area contributed by atoms with Crippen molar-refractivity contribution in [2.24, 2.45) is 10.9 Å². The van der Waals surface area contributed by atoms with Crippen molar-refractivity contribution in [2.75, 3.05) is 7.05 Å². The molecule has 0 fully saturated rings. The normalized spacial score (nSPS) is 13.2. The first-order valence-corrected chi connectivity index (χ1v) is 5.49. The molecule has 1 aromatic rings. The van der Waals surface area contributed by atoms with Crippen molar-refractivity contribution in [2.45, 2.75) is 13.0 Å². The number of likely N-dealkylation sites (N-methyl/N-ethyl adjacent to an activating group) is 1. The quantitative estimate of drug-likeness (QED) is 0.333. The van der Waals surface area contributed by atoms with Crippen LogP contribution in [0.1, 0.15) is 17.3 Å². The zero-order valence-electron chi connectivity index (χ0n) is 9.96. The Hall–Kier alpha value is -1.95. The molecule has 0 bridgehead atoms. The summed E-state index contributed by atoms with van der Waals surface area (Å²) in [6.45, 7) is 1.59. The van der Waals surface area contributed by atoms with Gasteiger partial charge in [0, 0.05) is 12.1 Å². The molecule has 0 saturated carbocycles. The van der Waals surface area contributed by atoms with E-state index in [1.54, 1.807) is 6.92 Å². The molecule has 1 rings (SSSR count). The Labute approximate surface area is 109 Å². The first-order valence-electron chi connectivity index (χ1n) is 5.11. The minimum absolute atomic E-state index is 0.0580. The van der Waals surface area contributed by atoms with Gasteiger partial charge >= 0.3 is 0 Å². The van der Waals surface area contributed by atoms with Crippen LogP contribution in [0.4, 0.5) is 0 Å². The highest BCUT2D eigenvalue weighted by atomic mass is 35.5. The Balaban J connectivity index is 3.03. The predicted molar refractivity (Wildman–Crippen MR) is 68.1 cm³/mol. The molecule has 0 spiro atoms. The molecule has 6 nitrogen and oxygen atoms in total. The summed E-state index contributed by atoms with van der Waals surface area (Å²) in [6.07, 6.45) is 0. The van der Waals surface area contributed by atoms with Crippen LogP contribution in [-0.2, 0) is 0 Å². The molecular formula is C11H14ClN3O3. The van der Waals surface area contributed by atoms with Crippen molar-refractivity contribution in [1.29, 1.82) is 0 Å². The average molecular weight is 272 g/mol. The number of hydrogen-bond donors (Lipinski definition) is 3. The minimum Gasteiger partial charge on any atom is -0.507 e. The minimum atomic E-state index is -0.610. The van der Waals surface area contributed by atoms with E-state index in [-0.39, 0.29) is 17.1 Å². The second kappa shape index (κ2) is 5.59. The number of aromatic hydroxyl groups is 1. The van der Waals surface area contributed by atoms with Crippen LogP contribution in [-0.4, -0.2) is 40.0 Å². The summed E-state index contributed by atoms with van der Waals surface area (Å²) in [6, 6.07) is 3.55. The number of hydrogen-bond acceptors (Lipinski definition) is 4. The van der Waals surface area contributed by atoms with E-state index in [2.05, 4.69) is 5.16 Å². The van der Waals surface area contributed by atoms with E-state index in [0.29, 0.717) is 5.02 Å². The van der Waals surface area contributed by atoms with Gasteiger partial charge in [-0.05, 0) is 25.1 Å². The van der Waals surface area contributed by atoms with Gasteiger partial charge in [-0.1, -0.05) is 16.8 Å². The van der Waals surface area contributed by atoms with Crippen molar-refractivity contribution in [3.8, 4) is 5.75 Å². The monoisotopic (exact) mass is 271 g/mol. The number of carbonyl (C=O) groups is 1. The molecule has 0 aliphatic heterocycles. The number of oxime groups is 1. The van der Waals surface area contributed by atoms with Crippen molar-refractivity contribution in [3.63, 3.8) is 0 Å². The van der Waals surface area contributed by atoms with Gasteiger partial charge in [0.2, 0.25) is 0 Å². The lowest BCUT2D eigenvalue weighted by atomic mass is 10.1. The lowest BCUT2D eigenvalue weighted by Gasteiger charge is -2.24. The first-order chi connectivity index (χ1) is 8.38. The van der Waals surface area contributed by atoms with Crippen LogP contribution in [0.5, 0.6) is 5.75 Å². The van der Waals surface area contributed by atoms with Crippen LogP contribution < -0.4 is 5.73 Å². The number of nitrogens with two attached hydrogens (primary N) is 1. The fourth-order valence-electron chi connectivity index (χ4n) is 1.33. The summed E-state index contributed by atoms with van der Waals surface area (Å²) < 4.78 is 0. The molecule has 7 heteroatoms. The Morgan fingerprint density at radius 3 is 2.72 bits per heavy atom. The SMILES string of the molecule is CC(C(N)=NO)N(C)C(=O)c1cc(Cl)ccc1O. The Morgan fingerprint density at radius 2 is 2.17 bits per heavy atom. The van der Waals surface area contributed by atoms with E-state index >= 15 is 0 Å². The molecule has 98 valence electrons. The molecule has 1 amide bonds. The van der Waals surface area contributed by atoms with Gasteiger partial charge in [-0.3, -0.25) is 4.79 Å². The average Bonchev–Trinajstić information content (AvgIpc) is 2.38. The largest absolute Gasteiger partial charge is 0.507 e. The molecule has 1 unspecified atom stereocenters. The number of halogens is 1. The Bertz CT molecular complexity index is 490. The highest BCUT2D eigenvalue weighted by molar-refractivity contribution is 6.31. The van der Waals surface area contributed by atoms with E-state index < -0.39 is 11.9 Å². The van der Waals surface area contributed by atoms with Crippen LogP contribution in [0.3, 0.4) is 0 Å². The van der Waals surface area contributed by atoms with E-state index in [9.17, 15) is 9.90 Å². The maximum atomic E-state index is 12.1. The van der Waals surface area contributed by atoms with Crippen LogP contribution in [0.15, 0.2) is 23.4 Å². The highest BCUT2D eigenvalue weighted by Crippen LogP contribution is 2.23. The number of amidine groups is 1. The number of amides is 1. The lowest BCUT2D eigenvalue weighted by molar-refractivity contribution is 0.0773. The van der Waals surface area contributed by atoms with Crippen molar-refractivity contribution >= 4 is 23.3 Å². The molecule has 0 aliphatic rings. The number of phenols is 1. The first kappa shape index (κ1) is 14.1. The molecule has 0 heterocycles. The van der Waals surface area contributed by atoms with Gasteiger partial charge in [-0.15, -0.1) is 0 Å². The zero-order valence-corrected chi connectivity index (χ0v) is 10.7. The van der Waals surface area contributed by atoms with Crippen LogP contribution in [0.2, 0.25) is 5.02 Å². The summed E-state index contributed by atoms with van der Waals surface area (Å²) in [7, 11) is 1.48. The van der Waals surface area contributed by atoms with Gasteiger partial charge in [0.25, 0.3) is 5.91 Å². The van der Waals surface area contributed by atoms with Crippen molar-refractivity contribution in [1.82, 2.24) is 4.90 Å². The number of nitrogens with zero attached hydrogens (tertiary/aromatic N) is 2. The summed E-state index contributed by atoms with van der Waals surface area (Å²) in [5.41, 5.74) is 5.48. The van der Waals surface area contributed by atoms with Crippen molar-refractivity contribution in [3.05, 3.63) is 28.8 Å². The van der Waals surface area contributed by atoms with Crippen LogP contribution in [0, 0.1) is 0 Å². The maximum absolute atomic E-state index is 12.1. The molecule has 1 aromatic carbocycles. The molecular weight excluding hydrogens is 258 g/mol. The fourth-order valence-corrected chi connectivity index (χ4v) is 1.50. The van der Waals surface area contributed by atoms with E-state index in [1.165, 1.54) is 30.1 Å². The van der Waals surface area contributed by atoms with E-state index in [0.717, 1.165) is 0 Å². The molecule has 0 aliphatic carbocycles. The molecule has 4 N–H and O–H groups in total. The molecule has 0 aromatic heterocycles. The molecule has 0 saturated heterocycles. The maximum Gasteiger partial charge on any atom is 0.258 e. The second-order valence-corrected chi connectivity index (χ2v) is 4.21. The third-order valence-electron chi connectivity index (χ3n) is 2.63. The summed E-state index contributed by atoms with van der Waals surface area (Å²) >= 11 is 5.76. The topological polar surface area (TPSA) is 99.2 Å². The van der Waals surface area contributed by atoms with Gasteiger partial charge in [0.05, 0.1) is 11.6 Å². The van der Waals surface area contributed by atoms with E-state index in [4.69, 9.17) is 22.5 Å². The summed E-state index contributed by atoms with van der Waals surface area (Å²) in [5, 5.41) is 21.3.